The number of carbonyl (C=O) groups is 2. The number of ketones is 1. The molecule has 0 spiro atoms. The molecule has 0 bridgehead atoms. The first-order valence-corrected chi connectivity index (χ1v) is 9.81. The minimum Gasteiger partial charge on any atom is -0.481 e. The summed E-state index contributed by atoms with van der Waals surface area (Å²) in [4.78, 5) is 23.0. The van der Waals surface area contributed by atoms with Gasteiger partial charge in [0.25, 0.3) is 10.0 Å². The summed E-state index contributed by atoms with van der Waals surface area (Å²) >= 11 is 0. The van der Waals surface area contributed by atoms with Crippen LogP contribution >= 0.6 is 0 Å². The van der Waals surface area contributed by atoms with E-state index in [0.717, 1.165) is 5.56 Å². The van der Waals surface area contributed by atoms with Crippen molar-refractivity contribution in [3.63, 3.8) is 0 Å². The molecule has 1 atom stereocenters. The van der Waals surface area contributed by atoms with Crippen molar-refractivity contribution in [3.8, 4) is 0 Å². The van der Waals surface area contributed by atoms with E-state index in [1.54, 1.807) is 18.2 Å². The molecular formula is C19H17NO5S. The van der Waals surface area contributed by atoms with Gasteiger partial charge in [-0.3, -0.25) is 13.9 Å². The van der Waals surface area contributed by atoms with Crippen molar-refractivity contribution in [1.82, 2.24) is 0 Å². The molecule has 134 valence electrons. The van der Waals surface area contributed by atoms with Crippen LogP contribution in [-0.2, 0) is 21.2 Å². The van der Waals surface area contributed by atoms with E-state index in [1.165, 1.54) is 28.6 Å². The fourth-order valence-corrected chi connectivity index (χ4v) is 5.35. The maximum atomic E-state index is 13.1. The van der Waals surface area contributed by atoms with Crippen LogP contribution in [0.3, 0.4) is 0 Å². The Morgan fingerprint density at radius 1 is 1.15 bits per heavy atom. The third kappa shape index (κ3) is 2.59. The number of sulfonamides is 1. The van der Waals surface area contributed by atoms with Crippen LogP contribution in [0.15, 0.2) is 47.4 Å². The van der Waals surface area contributed by atoms with E-state index in [9.17, 15) is 18.0 Å². The number of Topliss-reactive ketones (excluding diaryl/α,β-unsaturated/α-hetero) is 1. The fourth-order valence-electron chi connectivity index (χ4n) is 3.82. The predicted molar refractivity (Wildman–Crippen MR) is 95.1 cm³/mol. The second kappa shape index (κ2) is 5.95. The highest BCUT2D eigenvalue weighted by molar-refractivity contribution is 7.92. The van der Waals surface area contributed by atoms with E-state index < -0.39 is 16.0 Å². The third-order valence-electron chi connectivity index (χ3n) is 5.03. The number of nitrogens with zero attached hydrogens (tertiary/aromatic N) is 1. The lowest BCUT2D eigenvalue weighted by molar-refractivity contribution is -0.136. The summed E-state index contributed by atoms with van der Waals surface area (Å²) in [6.07, 6.45) is 0.950. The minimum absolute atomic E-state index is 0.0416. The second-order valence-corrected chi connectivity index (χ2v) is 8.51. The van der Waals surface area contributed by atoms with Crippen LogP contribution in [0.2, 0.25) is 0 Å². The Morgan fingerprint density at radius 2 is 1.88 bits per heavy atom. The molecule has 1 aliphatic heterocycles. The highest BCUT2D eigenvalue weighted by Gasteiger charge is 2.40. The van der Waals surface area contributed by atoms with Gasteiger partial charge in [-0.15, -0.1) is 0 Å². The van der Waals surface area contributed by atoms with E-state index in [4.69, 9.17) is 5.11 Å². The summed E-state index contributed by atoms with van der Waals surface area (Å²) in [6, 6.07) is 11.2. The van der Waals surface area contributed by atoms with Gasteiger partial charge >= 0.3 is 5.97 Å². The molecule has 0 saturated heterocycles. The van der Waals surface area contributed by atoms with Gasteiger partial charge in [-0.1, -0.05) is 24.3 Å². The maximum absolute atomic E-state index is 13.1. The Labute approximate surface area is 151 Å². The molecule has 1 N–H and O–H groups in total. The molecule has 2 aromatic carbocycles. The van der Waals surface area contributed by atoms with Crippen LogP contribution < -0.4 is 4.31 Å². The van der Waals surface area contributed by atoms with Crippen molar-refractivity contribution in [1.29, 1.82) is 0 Å². The zero-order valence-corrected chi connectivity index (χ0v) is 14.7. The van der Waals surface area contributed by atoms with Gasteiger partial charge < -0.3 is 5.11 Å². The van der Waals surface area contributed by atoms with Gasteiger partial charge in [-0.25, -0.2) is 8.42 Å². The molecule has 26 heavy (non-hydrogen) atoms. The quantitative estimate of drug-likeness (QED) is 0.892. The molecule has 2 aromatic rings. The van der Waals surface area contributed by atoms with Crippen LogP contribution in [0.25, 0.3) is 0 Å². The SMILES string of the molecule is O=C(O)Cc1ccc(S(=O)(=O)N2CC3CCC(=O)c4cccc2c43)cc1. The van der Waals surface area contributed by atoms with Crippen LogP contribution in [0, 0.1) is 0 Å². The first-order chi connectivity index (χ1) is 12.4. The van der Waals surface area contributed by atoms with Crippen molar-refractivity contribution in [3.05, 3.63) is 59.2 Å². The Balaban J connectivity index is 1.73. The minimum atomic E-state index is -3.77. The average molecular weight is 371 g/mol. The maximum Gasteiger partial charge on any atom is 0.307 e. The van der Waals surface area contributed by atoms with Gasteiger partial charge in [-0.05, 0) is 35.7 Å². The number of anilines is 1. The first kappa shape index (κ1) is 16.8. The number of hydrogen-bond donors (Lipinski definition) is 1. The first-order valence-electron chi connectivity index (χ1n) is 8.37. The number of carboxylic acids is 1. The zero-order valence-electron chi connectivity index (χ0n) is 13.9. The molecular weight excluding hydrogens is 354 g/mol. The molecule has 4 rings (SSSR count). The molecule has 1 aliphatic carbocycles. The van der Waals surface area contributed by atoms with Crippen LogP contribution in [0.5, 0.6) is 0 Å². The van der Waals surface area contributed by atoms with Crippen molar-refractivity contribution in [2.75, 3.05) is 10.8 Å². The number of aliphatic carboxylic acids is 1. The Morgan fingerprint density at radius 3 is 2.58 bits per heavy atom. The van der Waals surface area contributed by atoms with E-state index in [1.807, 2.05) is 0 Å². The Kier molecular flexibility index (Phi) is 3.84. The van der Waals surface area contributed by atoms with Crippen LogP contribution in [0.1, 0.15) is 40.2 Å². The largest absolute Gasteiger partial charge is 0.481 e. The normalized spacial score (nSPS) is 18.7. The Hall–Kier alpha value is -2.67. The van der Waals surface area contributed by atoms with Gasteiger partial charge in [0.2, 0.25) is 0 Å². The molecule has 0 fully saturated rings. The number of hydrogen-bond acceptors (Lipinski definition) is 4. The van der Waals surface area contributed by atoms with E-state index in [0.29, 0.717) is 36.2 Å². The monoisotopic (exact) mass is 371 g/mol. The van der Waals surface area contributed by atoms with Gasteiger partial charge in [0.1, 0.15) is 0 Å². The molecule has 0 saturated carbocycles. The Bertz CT molecular complexity index is 1010. The number of carbonyl (C=O) groups excluding carboxylic acids is 1. The molecule has 0 radical (unpaired) electrons. The standard InChI is InChI=1S/C19H17NO5S/c21-17-9-6-13-11-20(16-3-1-2-15(17)19(13)16)26(24,25)14-7-4-12(5-8-14)10-18(22)23/h1-5,7-8,13H,6,9-11H2,(H,22,23). The lowest BCUT2D eigenvalue weighted by Crippen LogP contribution is -2.30. The highest BCUT2D eigenvalue weighted by atomic mass is 32.2. The molecule has 6 nitrogen and oxygen atoms in total. The third-order valence-corrected chi connectivity index (χ3v) is 6.83. The fraction of sp³-hybridized carbons (Fsp3) is 0.263. The number of benzene rings is 2. The average Bonchev–Trinajstić information content (AvgIpc) is 2.99. The summed E-state index contributed by atoms with van der Waals surface area (Å²) in [6.45, 7) is 0.332. The topological polar surface area (TPSA) is 91.8 Å². The molecule has 2 aliphatic rings. The molecule has 1 heterocycles. The molecule has 7 heteroatoms. The van der Waals surface area contributed by atoms with E-state index in [-0.39, 0.29) is 23.0 Å². The van der Waals surface area contributed by atoms with Gasteiger partial charge in [-0.2, -0.15) is 0 Å². The van der Waals surface area contributed by atoms with Crippen molar-refractivity contribution in [2.24, 2.45) is 0 Å². The summed E-state index contributed by atoms with van der Waals surface area (Å²) < 4.78 is 27.6. The summed E-state index contributed by atoms with van der Waals surface area (Å²) in [5, 5.41) is 8.83. The second-order valence-electron chi connectivity index (χ2n) is 6.65. The summed E-state index contributed by atoms with van der Waals surface area (Å²) in [7, 11) is -3.77. The summed E-state index contributed by atoms with van der Waals surface area (Å²) in [5.41, 5.74) is 2.60. The number of rotatable bonds is 4. The molecule has 0 amide bonds. The van der Waals surface area contributed by atoms with Crippen molar-refractivity contribution >= 4 is 27.5 Å². The smallest absolute Gasteiger partial charge is 0.307 e. The highest BCUT2D eigenvalue weighted by Crippen LogP contribution is 2.46. The summed E-state index contributed by atoms with van der Waals surface area (Å²) in [5.74, 6) is -0.858. The van der Waals surface area contributed by atoms with Crippen molar-refractivity contribution < 1.29 is 23.1 Å². The lowest BCUT2D eigenvalue weighted by atomic mass is 9.83. The molecule has 0 aromatic heterocycles. The number of carboxylic acid groups (broad SMARTS) is 1. The van der Waals surface area contributed by atoms with Gasteiger partial charge in [0.05, 0.1) is 17.0 Å². The van der Waals surface area contributed by atoms with Crippen molar-refractivity contribution in [2.45, 2.75) is 30.1 Å². The zero-order chi connectivity index (χ0) is 18.5. The predicted octanol–water partition coefficient (Wildman–Crippen LogP) is 2.58. The van der Waals surface area contributed by atoms with Crippen LogP contribution in [0.4, 0.5) is 5.69 Å². The van der Waals surface area contributed by atoms with E-state index >= 15 is 0 Å². The van der Waals surface area contributed by atoms with Crippen LogP contribution in [-0.4, -0.2) is 31.8 Å². The van der Waals surface area contributed by atoms with Gasteiger partial charge in [0.15, 0.2) is 5.78 Å². The lowest BCUT2D eigenvalue weighted by Gasteiger charge is -2.20. The van der Waals surface area contributed by atoms with Gasteiger partial charge in [0, 0.05) is 24.4 Å². The van der Waals surface area contributed by atoms with E-state index in [2.05, 4.69) is 0 Å². The molecule has 1 unspecified atom stereocenters.